The monoisotopic (exact) mass is 510 g/mol. The maximum absolute atomic E-state index is 15.1. The molecule has 3 aromatic carbocycles. The van der Waals surface area contributed by atoms with Crippen molar-refractivity contribution in [3.63, 3.8) is 0 Å². The summed E-state index contributed by atoms with van der Waals surface area (Å²) in [5.41, 5.74) is 2.43. The van der Waals surface area contributed by atoms with Gasteiger partial charge in [-0.15, -0.1) is 0 Å². The number of aryl methyl sites for hydroxylation is 1. The van der Waals surface area contributed by atoms with E-state index in [2.05, 4.69) is 6.92 Å². The highest BCUT2D eigenvalue weighted by Gasteiger charge is 2.31. The van der Waals surface area contributed by atoms with Gasteiger partial charge in [0.25, 0.3) is 0 Å². The summed E-state index contributed by atoms with van der Waals surface area (Å²) in [6.07, 6.45) is 6.39. The maximum Gasteiger partial charge on any atom is 0.314 e. The predicted molar refractivity (Wildman–Crippen MR) is 138 cm³/mol. The Bertz CT molecular complexity index is 1220. The molecule has 0 aliphatic heterocycles. The molecule has 0 spiro atoms. The Morgan fingerprint density at radius 2 is 1.62 bits per heavy atom. The second-order valence-corrected chi connectivity index (χ2v) is 9.75. The minimum atomic E-state index is -0.840. The van der Waals surface area contributed by atoms with Gasteiger partial charge in [-0.2, -0.15) is 0 Å². The fourth-order valence-electron chi connectivity index (χ4n) is 5.06. The third-order valence-electron chi connectivity index (χ3n) is 7.30. The van der Waals surface area contributed by atoms with Crippen molar-refractivity contribution in [3.8, 4) is 22.6 Å². The highest BCUT2D eigenvalue weighted by atomic mass is 19.2. The smallest absolute Gasteiger partial charge is 0.314 e. The molecule has 1 saturated carbocycles. The number of hydrogen-bond donors (Lipinski definition) is 0. The lowest BCUT2D eigenvalue weighted by atomic mass is 9.78. The molecule has 3 nitrogen and oxygen atoms in total. The normalized spacial score (nSPS) is 17.4. The van der Waals surface area contributed by atoms with Crippen LogP contribution in [0.15, 0.2) is 54.6 Å². The van der Waals surface area contributed by atoms with E-state index in [0.717, 1.165) is 25.3 Å². The SMILES string of the molecule is CCCCCc1ccc(-c2ccc(C3CCC(C(=O)Oc4ccc(OC)cc4F)CC3)c(F)c2F)cc1. The van der Waals surface area contributed by atoms with Gasteiger partial charge in [0.15, 0.2) is 23.2 Å². The van der Waals surface area contributed by atoms with Crippen molar-refractivity contribution in [2.24, 2.45) is 5.92 Å². The number of rotatable bonds is 9. The lowest BCUT2D eigenvalue weighted by Gasteiger charge is -2.28. The van der Waals surface area contributed by atoms with E-state index in [4.69, 9.17) is 9.47 Å². The summed E-state index contributed by atoms with van der Waals surface area (Å²) < 4.78 is 54.6. The van der Waals surface area contributed by atoms with Crippen LogP contribution in [0.4, 0.5) is 13.2 Å². The van der Waals surface area contributed by atoms with Crippen LogP contribution in [0, 0.1) is 23.4 Å². The topological polar surface area (TPSA) is 35.5 Å². The van der Waals surface area contributed by atoms with Crippen LogP contribution in [-0.4, -0.2) is 13.1 Å². The fourth-order valence-corrected chi connectivity index (χ4v) is 5.06. The van der Waals surface area contributed by atoms with E-state index >= 15 is 8.78 Å². The number of benzene rings is 3. The zero-order valence-electron chi connectivity index (χ0n) is 21.4. The lowest BCUT2D eigenvalue weighted by Crippen LogP contribution is -2.25. The quantitative estimate of drug-likeness (QED) is 0.165. The average molecular weight is 511 g/mol. The third kappa shape index (κ3) is 6.35. The van der Waals surface area contributed by atoms with Crippen LogP contribution < -0.4 is 9.47 Å². The van der Waals surface area contributed by atoms with Gasteiger partial charge in [0.05, 0.1) is 13.0 Å². The van der Waals surface area contributed by atoms with Gasteiger partial charge < -0.3 is 9.47 Å². The Labute approximate surface area is 216 Å². The van der Waals surface area contributed by atoms with Crippen molar-refractivity contribution in [3.05, 3.63) is 83.2 Å². The highest BCUT2D eigenvalue weighted by molar-refractivity contribution is 5.75. The molecule has 1 aliphatic rings. The number of ether oxygens (including phenoxy) is 2. The number of hydrogen-bond acceptors (Lipinski definition) is 3. The summed E-state index contributed by atoms with van der Waals surface area (Å²) in [5.74, 6) is -3.27. The van der Waals surface area contributed by atoms with Crippen LogP contribution in [-0.2, 0) is 11.2 Å². The van der Waals surface area contributed by atoms with E-state index in [-0.39, 0.29) is 17.2 Å². The van der Waals surface area contributed by atoms with E-state index in [1.165, 1.54) is 31.2 Å². The second kappa shape index (κ2) is 12.3. The number of esters is 1. The first kappa shape index (κ1) is 26.8. The minimum absolute atomic E-state index is 0.148. The van der Waals surface area contributed by atoms with E-state index < -0.39 is 29.3 Å². The Morgan fingerprint density at radius 3 is 2.27 bits per heavy atom. The molecular weight excluding hydrogens is 477 g/mol. The Kier molecular flexibility index (Phi) is 8.91. The number of halogens is 3. The van der Waals surface area contributed by atoms with Crippen LogP contribution in [0.1, 0.15) is 68.9 Å². The fraction of sp³-hybridized carbons (Fsp3) is 0.387. The number of carbonyl (C=O) groups excluding carboxylic acids is 1. The Balaban J connectivity index is 1.38. The summed E-state index contributed by atoms with van der Waals surface area (Å²) in [5, 5.41) is 0. The van der Waals surface area contributed by atoms with Gasteiger partial charge in [0.2, 0.25) is 0 Å². The molecular formula is C31H33F3O3. The molecule has 37 heavy (non-hydrogen) atoms. The zero-order valence-corrected chi connectivity index (χ0v) is 21.4. The molecule has 4 rings (SSSR count). The first-order valence-corrected chi connectivity index (χ1v) is 13.0. The standard InChI is InChI=1S/C31H33F3O3/c1-3-4-5-6-20-7-9-21(10-8-20)25-16-17-26(30(34)29(25)33)22-11-13-23(14-12-22)31(35)37-28-18-15-24(36-2)19-27(28)32/h7-10,15-19,22-23H,3-6,11-14H2,1-2H3. The molecule has 1 aliphatic carbocycles. The summed E-state index contributed by atoms with van der Waals surface area (Å²) in [4.78, 5) is 12.6. The van der Waals surface area contributed by atoms with Gasteiger partial charge in [-0.05, 0) is 73.3 Å². The van der Waals surface area contributed by atoms with Crippen molar-refractivity contribution in [1.29, 1.82) is 0 Å². The first-order valence-electron chi connectivity index (χ1n) is 13.0. The van der Waals surface area contributed by atoms with Crippen LogP contribution in [0.3, 0.4) is 0 Å². The zero-order chi connectivity index (χ0) is 26.4. The van der Waals surface area contributed by atoms with Gasteiger partial charge in [-0.25, -0.2) is 13.2 Å². The predicted octanol–water partition coefficient (Wildman–Crippen LogP) is 8.39. The van der Waals surface area contributed by atoms with Crippen LogP contribution in [0.5, 0.6) is 11.5 Å². The summed E-state index contributed by atoms with van der Waals surface area (Å²) in [6.45, 7) is 2.16. The van der Waals surface area contributed by atoms with E-state index in [0.29, 0.717) is 42.6 Å². The Hall–Kier alpha value is -3.28. The van der Waals surface area contributed by atoms with Gasteiger partial charge in [-0.1, -0.05) is 56.2 Å². The van der Waals surface area contributed by atoms with Crippen molar-refractivity contribution >= 4 is 5.97 Å². The van der Waals surface area contributed by atoms with E-state index in [9.17, 15) is 9.18 Å². The van der Waals surface area contributed by atoms with Crippen molar-refractivity contribution in [2.75, 3.05) is 7.11 Å². The van der Waals surface area contributed by atoms with Crippen LogP contribution >= 0.6 is 0 Å². The largest absolute Gasteiger partial charge is 0.497 e. The maximum atomic E-state index is 15.1. The first-order chi connectivity index (χ1) is 17.9. The summed E-state index contributed by atoms with van der Waals surface area (Å²) >= 11 is 0. The van der Waals surface area contributed by atoms with Crippen molar-refractivity contribution < 1.29 is 27.4 Å². The lowest BCUT2D eigenvalue weighted by molar-refractivity contribution is -0.140. The van der Waals surface area contributed by atoms with Crippen LogP contribution in [0.25, 0.3) is 11.1 Å². The van der Waals surface area contributed by atoms with Crippen molar-refractivity contribution in [2.45, 2.75) is 64.2 Å². The van der Waals surface area contributed by atoms with E-state index in [1.54, 1.807) is 12.1 Å². The molecule has 0 saturated heterocycles. The minimum Gasteiger partial charge on any atom is -0.497 e. The molecule has 3 aromatic rings. The van der Waals surface area contributed by atoms with Crippen molar-refractivity contribution in [1.82, 2.24) is 0 Å². The average Bonchev–Trinajstić information content (AvgIpc) is 2.92. The van der Waals surface area contributed by atoms with Gasteiger partial charge in [-0.3, -0.25) is 4.79 Å². The molecule has 0 radical (unpaired) electrons. The molecule has 0 bridgehead atoms. The van der Waals surface area contributed by atoms with Crippen LogP contribution in [0.2, 0.25) is 0 Å². The highest BCUT2D eigenvalue weighted by Crippen LogP contribution is 2.39. The molecule has 0 aromatic heterocycles. The molecule has 0 N–H and O–H groups in total. The second-order valence-electron chi connectivity index (χ2n) is 9.75. The molecule has 196 valence electrons. The molecule has 0 heterocycles. The van der Waals surface area contributed by atoms with Gasteiger partial charge in [0, 0.05) is 11.6 Å². The molecule has 1 fully saturated rings. The molecule has 6 heteroatoms. The van der Waals surface area contributed by atoms with Gasteiger partial charge >= 0.3 is 5.97 Å². The molecule has 0 unspecified atom stereocenters. The third-order valence-corrected chi connectivity index (χ3v) is 7.30. The number of carbonyl (C=O) groups is 1. The Morgan fingerprint density at radius 1 is 0.892 bits per heavy atom. The van der Waals surface area contributed by atoms with Gasteiger partial charge in [0.1, 0.15) is 5.75 Å². The summed E-state index contributed by atoms with van der Waals surface area (Å²) in [6, 6.07) is 15.0. The molecule has 0 atom stereocenters. The van der Waals surface area contributed by atoms with E-state index in [1.807, 2.05) is 24.3 Å². The number of methoxy groups -OCH3 is 1. The number of unbranched alkanes of at least 4 members (excludes halogenated alkanes) is 2. The summed E-state index contributed by atoms with van der Waals surface area (Å²) in [7, 11) is 1.42. The molecule has 0 amide bonds.